The number of furan rings is 1. The van der Waals surface area contributed by atoms with E-state index < -0.39 is 23.5 Å². The van der Waals surface area contributed by atoms with Crippen molar-refractivity contribution >= 4 is 17.8 Å². The molecule has 1 fully saturated rings. The average Bonchev–Trinajstić information content (AvgIpc) is 3.45. The normalized spacial score (nSPS) is 19.8. The highest BCUT2D eigenvalue weighted by Gasteiger charge is 2.42. The average molecular weight is 479 g/mol. The maximum absolute atomic E-state index is 13.2. The van der Waals surface area contributed by atoms with Gasteiger partial charge in [0, 0.05) is 26.2 Å². The summed E-state index contributed by atoms with van der Waals surface area (Å²) in [7, 11) is 0. The minimum Gasteiger partial charge on any atom is -0.503 e. The molecular formula is C28H34N2O5. The van der Waals surface area contributed by atoms with E-state index >= 15 is 0 Å². The van der Waals surface area contributed by atoms with Gasteiger partial charge < -0.3 is 19.2 Å². The number of ketones is 1. The van der Waals surface area contributed by atoms with Gasteiger partial charge in [-0.25, -0.2) is 0 Å². The Morgan fingerprint density at radius 3 is 2.46 bits per heavy atom. The van der Waals surface area contributed by atoms with Crippen LogP contribution >= 0.6 is 0 Å². The summed E-state index contributed by atoms with van der Waals surface area (Å²) in [6.07, 6.45) is 5.16. The SMILES string of the molecule is CC(C)(C)c1ccc(C2C(C(=O)/C=C/c3ccco3)=C(O)C(=O)N2CCCN2CCOCC2)cc1. The number of hydrogen-bond donors (Lipinski definition) is 1. The van der Waals surface area contributed by atoms with Gasteiger partial charge in [-0.15, -0.1) is 0 Å². The molecule has 0 aliphatic carbocycles. The molecule has 1 aromatic heterocycles. The Hall–Kier alpha value is -3.16. The number of hydrogen-bond acceptors (Lipinski definition) is 6. The molecule has 186 valence electrons. The molecule has 0 spiro atoms. The zero-order chi connectivity index (χ0) is 25.0. The molecule has 2 aromatic rings. The van der Waals surface area contributed by atoms with Crippen LogP contribution in [0.3, 0.4) is 0 Å². The van der Waals surface area contributed by atoms with E-state index in [9.17, 15) is 14.7 Å². The second kappa shape index (κ2) is 10.6. The Morgan fingerprint density at radius 1 is 1.11 bits per heavy atom. The number of carbonyl (C=O) groups excluding carboxylic acids is 2. The van der Waals surface area contributed by atoms with Crippen LogP contribution in [-0.2, 0) is 19.7 Å². The van der Waals surface area contributed by atoms with E-state index in [1.165, 1.54) is 12.3 Å². The lowest BCUT2D eigenvalue weighted by molar-refractivity contribution is -0.129. The van der Waals surface area contributed by atoms with Gasteiger partial charge in [0.1, 0.15) is 5.76 Å². The Labute approximate surface area is 206 Å². The molecule has 1 atom stereocenters. The van der Waals surface area contributed by atoms with Crippen LogP contribution in [0.15, 0.2) is 64.5 Å². The van der Waals surface area contributed by atoms with Crippen molar-refractivity contribution in [2.45, 2.75) is 38.6 Å². The highest BCUT2D eigenvalue weighted by Crippen LogP contribution is 2.39. The van der Waals surface area contributed by atoms with Crippen LogP contribution in [0.25, 0.3) is 6.08 Å². The number of ether oxygens (including phenoxy) is 1. The lowest BCUT2D eigenvalue weighted by atomic mass is 9.85. The number of rotatable bonds is 8. The van der Waals surface area contributed by atoms with E-state index in [4.69, 9.17) is 9.15 Å². The summed E-state index contributed by atoms with van der Waals surface area (Å²) in [6, 6.07) is 10.8. The first-order chi connectivity index (χ1) is 16.8. The van der Waals surface area contributed by atoms with Gasteiger partial charge in [-0.3, -0.25) is 14.5 Å². The number of allylic oxidation sites excluding steroid dienone is 1. The van der Waals surface area contributed by atoms with Crippen molar-refractivity contribution in [3.8, 4) is 0 Å². The van der Waals surface area contributed by atoms with Crippen molar-refractivity contribution in [3.05, 3.63) is 77.0 Å². The van der Waals surface area contributed by atoms with Crippen molar-refractivity contribution in [3.63, 3.8) is 0 Å². The molecule has 4 rings (SSSR count). The number of benzene rings is 1. The minimum absolute atomic E-state index is 0.0235. The first-order valence-corrected chi connectivity index (χ1v) is 12.2. The van der Waals surface area contributed by atoms with Crippen LogP contribution in [-0.4, -0.2) is 66.0 Å². The predicted molar refractivity (Wildman–Crippen MR) is 134 cm³/mol. The zero-order valence-electron chi connectivity index (χ0n) is 20.7. The molecule has 1 saturated heterocycles. The van der Waals surface area contributed by atoms with Crippen LogP contribution in [0.2, 0.25) is 0 Å². The van der Waals surface area contributed by atoms with Crippen LogP contribution in [0.4, 0.5) is 0 Å². The lowest BCUT2D eigenvalue weighted by Crippen LogP contribution is -2.39. The fourth-order valence-electron chi connectivity index (χ4n) is 4.57. The van der Waals surface area contributed by atoms with E-state index in [-0.39, 0.29) is 11.0 Å². The second-order valence-corrected chi connectivity index (χ2v) is 10.1. The van der Waals surface area contributed by atoms with Crippen LogP contribution in [0, 0.1) is 0 Å². The fraction of sp³-hybridized carbons (Fsp3) is 0.429. The van der Waals surface area contributed by atoms with Crippen molar-refractivity contribution < 1.29 is 23.8 Å². The molecule has 0 radical (unpaired) electrons. The molecule has 1 amide bonds. The number of aliphatic hydroxyl groups is 1. The largest absolute Gasteiger partial charge is 0.503 e. The number of amides is 1. The van der Waals surface area contributed by atoms with E-state index in [0.29, 0.717) is 25.5 Å². The summed E-state index contributed by atoms with van der Waals surface area (Å²) in [5, 5.41) is 10.8. The molecule has 7 heteroatoms. The summed E-state index contributed by atoms with van der Waals surface area (Å²) < 4.78 is 10.7. The molecule has 3 heterocycles. The Bertz CT molecular complexity index is 1090. The van der Waals surface area contributed by atoms with E-state index in [1.807, 2.05) is 24.3 Å². The fourth-order valence-corrected chi connectivity index (χ4v) is 4.57. The first-order valence-electron chi connectivity index (χ1n) is 12.2. The highest BCUT2D eigenvalue weighted by atomic mass is 16.5. The Morgan fingerprint density at radius 2 is 1.83 bits per heavy atom. The lowest BCUT2D eigenvalue weighted by Gasteiger charge is -2.30. The van der Waals surface area contributed by atoms with E-state index in [1.54, 1.807) is 23.1 Å². The molecule has 2 aliphatic heterocycles. The summed E-state index contributed by atoms with van der Waals surface area (Å²) in [5.41, 5.74) is 2.04. The third kappa shape index (κ3) is 5.74. The van der Waals surface area contributed by atoms with Gasteiger partial charge in [0.2, 0.25) is 0 Å². The van der Waals surface area contributed by atoms with Crippen LogP contribution in [0.5, 0.6) is 0 Å². The minimum atomic E-state index is -0.644. The van der Waals surface area contributed by atoms with E-state index in [0.717, 1.165) is 37.2 Å². The third-order valence-electron chi connectivity index (χ3n) is 6.58. The van der Waals surface area contributed by atoms with Gasteiger partial charge >= 0.3 is 0 Å². The van der Waals surface area contributed by atoms with E-state index in [2.05, 4.69) is 25.7 Å². The molecule has 0 saturated carbocycles. The Kier molecular flexibility index (Phi) is 7.57. The molecular weight excluding hydrogens is 444 g/mol. The number of carbonyl (C=O) groups is 2. The third-order valence-corrected chi connectivity index (χ3v) is 6.58. The summed E-state index contributed by atoms with van der Waals surface area (Å²) in [6.45, 7) is 10.9. The molecule has 1 N–H and O–H groups in total. The summed E-state index contributed by atoms with van der Waals surface area (Å²) >= 11 is 0. The van der Waals surface area contributed by atoms with Gasteiger partial charge in [0.05, 0.1) is 31.1 Å². The monoisotopic (exact) mass is 478 g/mol. The first kappa shape index (κ1) is 24.9. The zero-order valence-corrected chi connectivity index (χ0v) is 20.7. The second-order valence-electron chi connectivity index (χ2n) is 10.1. The van der Waals surface area contributed by atoms with Gasteiger partial charge in [-0.1, -0.05) is 45.0 Å². The van der Waals surface area contributed by atoms with Gasteiger partial charge in [0.25, 0.3) is 5.91 Å². The van der Waals surface area contributed by atoms with Gasteiger partial charge in [-0.05, 0) is 47.2 Å². The van der Waals surface area contributed by atoms with Crippen molar-refractivity contribution in [1.29, 1.82) is 0 Å². The van der Waals surface area contributed by atoms with Crippen LogP contribution < -0.4 is 0 Å². The Balaban J connectivity index is 1.59. The summed E-state index contributed by atoms with van der Waals surface area (Å²) in [5.74, 6) is -0.869. The number of nitrogens with zero attached hydrogens (tertiary/aromatic N) is 2. The smallest absolute Gasteiger partial charge is 0.290 e. The standard InChI is InChI=1S/C28H34N2O5/c1-28(2,3)21-9-7-20(8-10-21)25-24(23(31)12-11-22-6-4-17-35-22)26(32)27(33)30(25)14-5-13-29-15-18-34-19-16-29/h4,6-12,17,25,32H,5,13-16,18-19H2,1-3H3/b12-11+. The molecule has 1 unspecified atom stereocenters. The summed E-state index contributed by atoms with van der Waals surface area (Å²) in [4.78, 5) is 30.3. The highest BCUT2D eigenvalue weighted by molar-refractivity contribution is 6.14. The molecule has 35 heavy (non-hydrogen) atoms. The number of morpholine rings is 1. The maximum Gasteiger partial charge on any atom is 0.290 e. The van der Waals surface area contributed by atoms with Gasteiger partial charge in [-0.2, -0.15) is 0 Å². The van der Waals surface area contributed by atoms with Crippen molar-refractivity contribution in [2.75, 3.05) is 39.4 Å². The number of aliphatic hydroxyl groups excluding tert-OH is 1. The topological polar surface area (TPSA) is 83.2 Å². The van der Waals surface area contributed by atoms with Gasteiger partial charge in [0.15, 0.2) is 11.5 Å². The molecule has 1 aromatic carbocycles. The van der Waals surface area contributed by atoms with Crippen molar-refractivity contribution in [2.24, 2.45) is 0 Å². The molecule has 7 nitrogen and oxygen atoms in total. The maximum atomic E-state index is 13.2. The van der Waals surface area contributed by atoms with Crippen LogP contribution in [0.1, 0.15) is 50.1 Å². The molecule has 2 aliphatic rings. The predicted octanol–water partition coefficient (Wildman–Crippen LogP) is 4.28. The molecule has 0 bridgehead atoms. The quantitative estimate of drug-likeness (QED) is 0.571. The van der Waals surface area contributed by atoms with Crippen molar-refractivity contribution in [1.82, 2.24) is 9.80 Å².